The van der Waals surface area contributed by atoms with Crippen LogP contribution in [0.2, 0.25) is 5.02 Å². The van der Waals surface area contributed by atoms with Crippen LogP contribution in [0.3, 0.4) is 0 Å². The first-order valence-electron chi connectivity index (χ1n) is 14.0. The van der Waals surface area contributed by atoms with E-state index in [1.165, 1.54) is 0 Å². The van der Waals surface area contributed by atoms with Crippen LogP contribution >= 0.6 is 11.6 Å². The predicted octanol–water partition coefficient (Wildman–Crippen LogP) is 9.92. The first kappa shape index (κ1) is 26.4. The van der Waals surface area contributed by atoms with Crippen molar-refractivity contribution in [2.45, 2.75) is 0 Å². The Kier molecular flexibility index (Phi) is 7.26. The molecule has 2 aromatic heterocycles. The van der Waals surface area contributed by atoms with Crippen LogP contribution in [0.5, 0.6) is 0 Å². The van der Waals surface area contributed by atoms with Gasteiger partial charge in [0.25, 0.3) is 0 Å². The Balaban J connectivity index is 1.37. The number of hydrogen-bond donors (Lipinski definition) is 0. The van der Waals surface area contributed by atoms with Gasteiger partial charge in [-0.25, -0.2) is 19.9 Å². The highest BCUT2D eigenvalue weighted by Crippen LogP contribution is 2.40. The van der Waals surface area contributed by atoms with E-state index in [-0.39, 0.29) is 0 Å². The second kappa shape index (κ2) is 11.8. The summed E-state index contributed by atoms with van der Waals surface area (Å²) in [6.07, 6.45) is 3.74. The zero-order chi connectivity index (χ0) is 29.0. The summed E-state index contributed by atoms with van der Waals surface area (Å²) < 4.78 is 0. The molecule has 0 spiro atoms. The van der Waals surface area contributed by atoms with E-state index in [9.17, 15) is 0 Å². The predicted molar refractivity (Wildman–Crippen MR) is 175 cm³/mol. The molecule has 0 saturated heterocycles. The summed E-state index contributed by atoms with van der Waals surface area (Å²) in [6.45, 7) is 0. The standard InChI is InChI=1S/C38H25ClN4/c39-33-22-20-29(21-23-33)36-34(27-10-4-1-5-11-27)35(42-38(43-36)31-14-8-3-9-15-31)28-18-16-26(17-19-28)32-24-40-37(41-25-32)30-12-6-2-7-13-30/h1-25H. The zero-order valence-electron chi connectivity index (χ0n) is 23.1. The molecule has 0 bridgehead atoms. The zero-order valence-corrected chi connectivity index (χ0v) is 23.9. The van der Waals surface area contributed by atoms with Gasteiger partial charge in [-0.15, -0.1) is 0 Å². The van der Waals surface area contributed by atoms with E-state index in [1.54, 1.807) is 0 Å². The van der Waals surface area contributed by atoms with Crippen molar-refractivity contribution >= 4 is 11.6 Å². The van der Waals surface area contributed by atoms with Crippen LogP contribution in [0.15, 0.2) is 152 Å². The molecule has 7 aromatic rings. The van der Waals surface area contributed by atoms with Gasteiger partial charge in [-0.2, -0.15) is 0 Å². The van der Waals surface area contributed by atoms with Crippen molar-refractivity contribution in [1.82, 2.24) is 19.9 Å². The van der Waals surface area contributed by atoms with Crippen molar-refractivity contribution < 1.29 is 0 Å². The maximum absolute atomic E-state index is 6.27. The van der Waals surface area contributed by atoms with Gasteiger partial charge in [-0.1, -0.05) is 139 Å². The molecule has 0 radical (unpaired) electrons. The number of hydrogen-bond acceptors (Lipinski definition) is 4. The Bertz CT molecular complexity index is 1980. The Morgan fingerprint density at radius 2 is 0.767 bits per heavy atom. The topological polar surface area (TPSA) is 51.6 Å². The van der Waals surface area contributed by atoms with E-state index in [2.05, 4.69) is 46.4 Å². The molecule has 5 heteroatoms. The Labute approximate surface area is 255 Å². The molecule has 0 amide bonds. The van der Waals surface area contributed by atoms with Gasteiger partial charge >= 0.3 is 0 Å². The average Bonchev–Trinajstić information content (AvgIpc) is 3.09. The van der Waals surface area contributed by atoms with Crippen molar-refractivity contribution in [3.05, 3.63) is 157 Å². The average molecular weight is 573 g/mol. The molecule has 0 aliphatic heterocycles. The third-order valence-electron chi connectivity index (χ3n) is 7.30. The summed E-state index contributed by atoms with van der Waals surface area (Å²) in [4.78, 5) is 19.5. The number of benzene rings is 5. The van der Waals surface area contributed by atoms with E-state index < -0.39 is 0 Å². The van der Waals surface area contributed by atoms with Gasteiger partial charge in [0.05, 0.1) is 11.4 Å². The Morgan fingerprint density at radius 1 is 0.349 bits per heavy atom. The highest BCUT2D eigenvalue weighted by atomic mass is 35.5. The highest BCUT2D eigenvalue weighted by Gasteiger charge is 2.20. The summed E-state index contributed by atoms with van der Waals surface area (Å²) in [7, 11) is 0. The number of nitrogens with zero attached hydrogens (tertiary/aromatic N) is 4. The van der Waals surface area contributed by atoms with Gasteiger partial charge < -0.3 is 0 Å². The molecule has 204 valence electrons. The second-order valence-electron chi connectivity index (χ2n) is 10.1. The van der Waals surface area contributed by atoms with Gasteiger partial charge in [-0.05, 0) is 23.3 Å². The molecule has 0 saturated carbocycles. The summed E-state index contributed by atoms with van der Waals surface area (Å²) >= 11 is 6.27. The molecule has 0 atom stereocenters. The lowest BCUT2D eigenvalue weighted by molar-refractivity contribution is 1.18. The molecule has 43 heavy (non-hydrogen) atoms. The van der Waals surface area contributed by atoms with Crippen LogP contribution in [-0.2, 0) is 0 Å². The third-order valence-corrected chi connectivity index (χ3v) is 7.55. The molecule has 0 aliphatic carbocycles. The minimum absolute atomic E-state index is 0.661. The molecule has 0 aliphatic rings. The van der Waals surface area contributed by atoms with E-state index >= 15 is 0 Å². The molecule has 0 unspecified atom stereocenters. The van der Waals surface area contributed by atoms with Gasteiger partial charge in [0.2, 0.25) is 0 Å². The summed E-state index contributed by atoms with van der Waals surface area (Å²) in [5.74, 6) is 1.37. The molecular formula is C38H25ClN4. The SMILES string of the molecule is Clc1ccc(-c2nc(-c3ccccc3)nc(-c3ccc(-c4cnc(-c5ccccc5)nc4)cc3)c2-c2ccccc2)cc1. The van der Waals surface area contributed by atoms with Crippen LogP contribution in [0.1, 0.15) is 0 Å². The van der Waals surface area contributed by atoms with E-state index in [0.29, 0.717) is 16.7 Å². The normalized spacial score (nSPS) is 10.9. The van der Waals surface area contributed by atoms with Crippen LogP contribution in [0.25, 0.3) is 67.5 Å². The number of aromatic nitrogens is 4. The van der Waals surface area contributed by atoms with Crippen molar-refractivity contribution in [3.63, 3.8) is 0 Å². The molecule has 5 aromatic carbocycles. The minimum atomic E-state index is 0.661. The molecule has 0 N–H and O–H groups in total. The maximum Gasteiger partial charge on any atom is 0.160 e. The van der Waals surface area contributed by atoms with Crippen LogP contribution in [0, 0.1) is 0 Å². The van der Waals surface area contributed by atoms with Gasteiger partial charge in [0.15, 0.2) is 11.6 Å². The monoisotopic (exact) mass is 572 g/mol. The van der Waals surface area contributed by atoms with E-state index in [1.807, 2.05) is 116 Å². The lowest BCUT2D eigenvalue weighted by atomic mass is 9.93. The summed E-state index contributed by atoms with van der Waals surface area (Å²) in [6, 6.07) is 46.6. The van der Waals surface area contributed by atoms with Crippen molar-refractivity contribution in [2.24, 2.45) is 0 Å². The Morgan fingerprint density at radius 3 is 1.28 bits per heavy atom. The van der Waals surface area contributed by atoms with Gasteiger partial charge in [-0.3, -0.25) is 0 Å². The summed E-state index contributed by atoms with van der Waals surface area (Å²) in [5, 5.41) is 0.680. The lowest BCUT2D eigenvalue weighted by Gasteiger charge is -2.17. The molecule has 4 nitrogen and oxygen atoms in total. The van der Waals surface area contributed by atoms with Crippen molar-refractivity contribution in [1.29, 1.82) is 0 Å². The Hall–Kier alpha value is -5.45. The molecule has 7 rings (SSSR count). The van der Waals surface area contributed by atoms with Crippen LogP contribution in [0.4, 0.5) is 0 Å². The number of halogens is 1. The number of rotatable bonds is 6. The first-order chi connectivity index (χ1) is 21.2. The third kappa shape index (κ3) is 5.56. The second-order valence-corrected chi connectivity index (χ2v) is 10.5. The highest BCUT2D eigenvalue weighted by molar-refractivity contribution is 6.30. The van der Waals surface area contributed by atoms with Crippen molar-refractivity contribution in [3.8, 4) is 67.5 Å². The fourth-order valence-electron chi connectivity index (χ4n) is 5.11. The van der Waals surface area contributed by atoms with E-state index in [0.717, 1.165) is 55.9 Å². The van der Waals surface area contributed by atoms with Gasteiger partial charge in [0, 0.05) is 50.8 Å². The van der Waals surface area contributed by atoms with Crippen LogP contribution in [-0.4, -0.2) is 19.9 Å². The molecule has 0 fully saturated rings. The fraction of sp³-hybridized carbons (Fsp3) is 0. The maximum atomic E-state index is 6.27. The fourth-order valence-corrected chi connectivity index (χ4v) is 5.24. The molecular weight excluding hydrogens is 548 g/mol. The van der Waals surface area contributed by atoms with Gasteiger partial charge in [0.1, 0.15) is 0 Å². The summed E-state index contributed by atoms with van der Waals surface area (Å²) in [5.41, 5.74) is 9.58. The molecule has 2 heterocycles. The minimum Gasteiger partial charge on any atom is -0.236 e. The quantitative estimate of drug-likeness (QED) is 0.199. The lowest BCUT2D eigenvalue weighted by Crippen LogP contribution is -2.01. The smallest absolute Gasteiger partial charge is 0.160 e. The van der Waals surface area contributed by atoms with Crippen LogP contribution < -0.4 is 0 Å². The van der Waals surface area contributed by atoms with Crippen molar-refractivity contribution in [2.75, 3.05) is 0 Å². The largest absolute Gasteiger partial charge is 0.236 e. The first-order valence-corrected chi connectivity index (χ1v) is 14.4. The van der Waals surface area contributed by atoms with E-state index in [4.69, 9.17) is 21.6 Å².